The molecule has 5 rings (SSSR count). The van der Waals surface area contributed by atoms with Gasteiger partial charge in [-0.15, -0.1) is 0 Å². The number of amides is 1. The van der Waals surface area contributed by atoms with Crippen molar-refractivity contribution in [2.75, 3.05) is 52.1 Å². The standard InChI is InChI=1S/C30H43F2N5O5S/c1-43(41,42)36-14-4-23(5-15-36)28(24-18-25(31)20-26(32)19-24)8-11-33-9-6-27(7-10-33)37-17-16-35(29(37)38)21-22-2-12-34(13-3-22)30(39)40/h16-20,22-23,27-28H,2-15,21H2,1H3,(H,39,40)/t28-/m1/s1. The summed E-state index contributed by atoms with van der Waals surface area (Å²) in [7, 11) is -3.27. The monoisotopic (exact) mass is 623 g/mol. The van der Waals surface area contributed by atoms with E-state index in [4.69, 9.17) is 5.11 Å². The van der Waals surface area contributed by atoms with Gasteiger partial charge in [0.1, 0.15) is 11.6 Å². The zero-order valence-corrected chi connectivity index (χ0v) is 25.6. The number of hydrogen-bond donors (Lipinski definition) is 1. The number of carboxylic acid groups (broad SMARTS) is 1. The van der Waals surface area contributed by atoms with E-state index in [-0.39, 0.29) is 29.5 Å². The van der Waals surface area contributed by atoms with Gasteiger partial charge in [-0.3, -0.25) is 9.13 Å². The molecule has 13 heteroatoms. The summed E-state index contributed by atoms with van der Waals surface area (Å²) < 4.78 is 57.5. The van der Waals surface area contributed by atoms with Gasteiger partial charge >= 0.3 is 11.8 Å². The molecule has 238 valence electrons. The normalized spacial score (nSPS) is 21.3. The van der Waals surface area contributed by atoms with E-state index in [0.29, 0.717) is 57.5 Å². The molecule has 1 amide bonds. The van der Waals surface area contributed by atoms with Gasteiger partial charge in [-0.1, -0.05) is 0 Å². The molecule has 0 unspecified atom stereocenters. The summed E-state index contributed by atoms with van der Waals surface area (Å²) in [4.78, 5) is 28.1. The fourth-order valence-electron chi connectivity index (χ4n) is 7.25. The molecule has 0 saturated carbocycles. The Morgan fingerprint density at radius 3 is 2.14 bits per heavy atom. The highest BCUT2D eigenvalue weighted by Crippen LogP contribution is 2.37. The lowest BCUT2D eigenvalue weighted by molar-refractivity contribution is 0.121. The lowest BCUT2D eigenvalue weighted by atomic mass is 9.78. The summed E-state index contributed by atoms with van der Waals surface area (Å²) in [5, 5.41) is 9.17. The average molecular weight is 624 g/mol. The Bertz CT molecular complexity index is 1400. The second-order valence-electron chi connectivity index (χ2n) is 12.5. The Labute approximate surface area is 251 Å². The third-order valence-corrected chi connectivity index (χ3v) is 11.1. The van der Waals surface area contributed by atoms with Crippen LogP contribution in [0.4, 0.5) is 13.6 Å². The van der Waals surface area contributed by atoms with E-state index in [0.717, 1.165) is 51.4 Å². The molecule has 3 aliphatic heterocycles. The number of piperidine rings is 3. The van der Waals surface area contributed by atoms with Crippen molar-refractivity contribution in [1.29, 1.82) is 0 Å². The lowest BCUT2D eigenvalue weighted by Crippen LogP contribution is -2.41. The van der Waals surface area contributed by atoms with Gasteiger partial charge < -0.3 is 14.9 Å². The van der Waals surface area contributed by atoms with Crippen molar-refractivity contribution in [2.24, 2.45) is 11.8 Å². The molecule has 43 heavy (non-hydrogen) atoms. The average Bonchev–Trinajstić information content (AvgIpc) is 3.32. The van der Waals surface area contributed by atoms with Crippen LogP contribution in [-0.4, -0.2) is 94.9 Å². The van der Waals surface area contributed by atoms with E-state index in [1.54, 1.807) is 4.57 Å². The topological polar surface area (TPSA) is 108 Å². The third-order valence-electron chi connectivity index (χ3n) is 9.77. The summed E-state index contributed by atoms with van der Waals surface area (Å²) in [5.74, 6) is -0.866. The van der Waals surface area contributed by atoms with Gasteiger partial charge in [-0.05, 0) is 86.9 Å². The number of sulfonamides is 1. The largest absolute Gasteiger partial charge is 0.465 e. The summed E-state index contributed by atoms with van der Waals surface area (Å²) in [5.41, 5.74) is 0.611. The van der Waals surface area contributed by atoms with E-state index in [9.17, 15) is 26.8 Å². The van der Waals surface area contributed by atoms with Crippen molar-refractivity contribution in [3.8, 4) is 0 Å². The Kier molecular flexibility index (Phi) is 9.92. The second-order valence-corrected chi connectivity index (χ2v) is 14.5. The highest BCUT2D eigenvalue weighted by atomic mass is 32.2. The first-order valence-electron chi connectivity index (χ1n) is 15.4. The first-order chi connectivity index (χ1) is 20.5. The number of imidazole rings is 1. The highest BCUT2D eigenvalue weighted by molar-refractivity contribution is 7.88. The maximum Gasteiger partial charge on any atom is 0.407 e. The first kappa shape index (κ1) is 31.6. The second kappa shape index (κ2) is 13.5. The molecule has 3 aliphatic rings. The van der Waals surface area contributed by atoms with Crippen LogP contribution in [-0.2, 0) is 16.6 Å². The molecule has 1 N–H and O–H groups in total. The van der Waals surface area contributed by atoms with Crippen molar-refractivity contribution in [2.45, 2.75) is 63.5 Å². The van der Waals surface area contributed by atoms with E-state index >= 15 is 0 Å². The number of hydrogen-bond acceptors (Lipinski definition) is 5. The predicted molar refractivity (Wildman–Crippen MR) is 159 cm³/mol. The maximum atomic E-state index is 14.2. The molecule has 4 heterocycles. The fourth-order valence-corrected chi connectivity index (χ4v) is 8.12. The molecule has 0 spiro atoms. The van der Waals surface area contributed by atoms with Crippen LogP contribution in [0.3, 0.4) is 0 Å². The first-order valence-corrected chi connectivity index (χ1v) is 17.2. The van der Waals surface area contributed by atoms with Crippen LogP contribution in [0.5, 0.6) is 0 Å². The zero-order chi connectivity index (χ0) is 30.7. The Morgan fingerprint density at radius 1 is 0.930 bits per heavy atom. The Morgan fingerprint density at radius 2 is 1.56 bits per heavy atom. The molecule has 3 saturated heterocycles. The molecule has 1 aromatic carbocycles. The van der Waals surface area contributed by atoms with Crippen LogP contribution in [0.25, 0.3) is 0 Å². The van der Waals surface area contributed by atoms with Crippen molar-refractivity contribution < 1.29 is 27.1 Å². The minimum absolute atomic E-state index is 0.0206. The number of benzene rings is 1. The van der Waals surface area contributed by atoms with E-state index in [2.05, 4.69) is 4.90 Å². The summed E-state index contributed by atoms with van der Waals surface area (Å²) in [6.45, 7) is 4.82. The fraction of sp³-hybridized carbons (Fsp3) is 0.667. The molecule has 3 fully saturated rings. The van der Waals surface area contributed by atoms with Gasteiger partial charge in [-0.2, -0.15) is 0 Å². The van der Waals surface area contributed by atoms with Crippen molar-refractivity contribution in [3.05, 3.63) is 58.3 Å². The maximum absolute atomic E-state index is 14.2. The number of aromatic nitrogens is 2. The molecule has 0 radical (unpaired) electrons. The van der Waals surface area contributed by atoms with E-state index in [1.807, 2.05) is 17.0 Å². The van der Waals surface area contributed by atoms with Crippen molar-refractivity contribution >= 4 is 16.1 Å². The van der Waals surface area contributed by atoms with Gasteiger partial charge in [0.2, 0.25) is 10.0 Å². The summed E-state index contributed by atoms with van der Waals surface area (Å²) >= 11 is 0. The molecule has 1 aromatic heterocycles. The molecule has 2 aromatic rings. The number of halogens is 2. The number of nitrogens with zero attached hydrogens (tertiary/aromatic N) is 5. The molecule has 0 aliphatic carbocycles. The number of rotatable bonds is 9. The van der Waals surface area contributed by atoms with Crippen LogP contribution in [0, 0.1) is 23.5 Å². The predicted octanol–water partition coefficient (Wildman–Crippen LogP) is 3.80. The van der Waals surface area contributed by atoms with Gasteiger partial charge in [0.15, 0.2) is 0 Å². The van der Waals surface area contributed by atoms with Crippen LogP contribution in [0.15, 0.2) is 35.4 Å². The van der Waals surface area contributed by atoms with Gasteiger partial charge in [0.05, 0.1) is 6.26 Å². The molecular weight excluding hydrogens is 580 g/mol. The Hall–Kier alpha value is -2.77. The Balaban J connectivity index is 1.16. The van der Waals surface area contributed by atoms with Crippen LogP contribution >= 0.6 is 0 Å². The SMILES string of the molecule is CS(=O)(=O)N1CCC([C@@H](CCN2CCC(n3ccn(CC4CCN(C(=O)O)CC4)c3=O)CC2)c2cc(F)cc(F)c2)CC1. The van der Waals surface area contributed by atoms with Crippen LogP contribution in [0.1, 0.15) is 62.5 Å². The number of likely N-dealkylation sites (tertiary alicyclic amines) is 2. The smallest absolute Gasteiger partial charge is 0.407 e. The highest BCUT2D eigenvalue weighted by Gasteiger charge is 2.32. The molecule has 0 bridgehead atoms. The summed E-state index contributed by atoms with van der Waals surface area (Å²) in [6, 6.07) is 3.81. The van der Waals surface area contributed by atoms with Gasteiger partial charge in [0.25, 0.3) is 0 Å². The van der Waals surface area contributed by atoms with E-state index < -0.39 is 27.8 Å². The van der Waals surface area contributed by atoms with Crippen molar-refractivity contribution in [1.82, 2.24) is 23.2 Å². The van der Waals surface area contributed by atoms with Gasteiger partial charge in [0, 0.05) is 70.3 Å². The zero-order valence-electron chi connectivity index (χ0n) is 24.8. The van der Waals surface area contributed by atoms with Crippen LogP contribution < -0.4 is 5.69 Å². The lowest BCUT2D eigenvalue weighted by Gasteiger charge is -2.37. The molecular formula is C30H43F2N5O5S. The van der Waals surface area contributed by atoms with Crippen molar-refractivity contribution in [3.63, 3.8) is 0 Å². The minimum atomic E-state index is -3.27. The van der Waals surface area contributed by atoms with E-state index in [1.165, 1.54) is 27.6 Å². The quantitative estimate of drug-likeness (QED) is 0.456. The molecule has 10 nitrogen and oxygen atoms in total. The summed E-state index contributed by atoms with van der Waals surface area (Å²) in [6.07, 6.45) is 9.21. The van der Waals surface area contributed by atoms with Crippen LogP contribution in [0.2, 0.25) is 0 Å². The van der Waals surface area contributed by atoms with Gasteiger partial charge in [-0.25, -0.2) is 31.1 Å². The third kappa shape index (κ3) is 7.85. The minimum Gasteiger partial charge on any atom is -0.465 e. The number of carbonyl (C=O) groups is 1. The molecule has 1 atom stereocenters.